The van der Waals surface area contributed by atoms with Crippen LogP contribution in [0.15, 0.2) is 42.3 Å². The summed E-state index contributed by atoms with van der Waals surface area (Å²) in [5.74, 6) is -2.44. The number of sulfonamides is 1. The van der Waals surface area contributed by atoms with Crippen LogP contribution in [0.4, 0.5) is 9.93 Å². The van der Waals surface area contributed by atoms with E-state index >= 15 is 0 Å². The van der Waals surface area contributed by atoms with Gasteiger partial charge in [0.25, 0.3) is 5.91 Å². The Labute approximate surface area is 308 Å². The molecule has 6 bridgehead atoms. The van der Waals surface area contributed by atoms with E-state index in [1.807, 2.05) is 37.4 Å². The van der Waals surface area contributed by atoms with Crippen LogP contribution in [-0.4, -0.2) is 82.5 Å². The zero-order valence-corrected chi connectivity index (χ0v) is 31.1. The van der Waals surface area contributed by atoms with Crippen LogP contribution in [-0.2, 0) is 48.7 Å². The molecule has 3 N–H and O–H groups in total. The highest BCUT2D eigenvalue weighted by Gasteiger charge is 2.62. The van der Waals surface area contributed by atoms with Crippen molar-refractivity contribution in [1.82, 2.24) is 24.8 Å². The smallest absolute Gasteiger partial charge is 0.410 e. The third-order valence-electron chi connectivity index (χ3n) is 11.1. The molecule has 2 saturated carbocycles. The van der Waals surface area contributed by atoms with Gasteiger partial charge in [0.15, 0.2) is 5.13 Å². The van der Waals surface area contributed by atoms with Gasteiger partial charge in [-0.2, -0.15) is 0 Å². The van der Waals surface area contributed by atoms with E-state index in [1.54, 1.807) is 4.90 Å². The van der Waals surface area contributed by atoms with Crippen molar-refractivity contribution in [1.29, 1.82) is 0 Å². The first kappa shape index (κ1) is 36.1. The Balaban J connectivity index is 1.18. The maximum Gasteiger partial charge on any atom is 0.410 e. The van der Waals surface area contributed by atoms with Crippen molar-refractivity contribution in [2.24, 2.45) is 11.8 Å². The maximum atomic E-state index is 14.6. The lowest BCUT2D eigenvalue weighted by atomic mass is 9.97. The van der Waals surface area contributed by atoms with Crippen molar-refractivity contribution in [3.05, 3.63) is 64.7 Å². The van der Waals surface area contributed by atoms with E-state index in [2.05, 4.69) is 34.1 Å². The lowest BCUT2D eigenvalue weighted by molar-refractivity contribution is -0.141. The van der Waals surface area contributed by atoms with Gasteiger partial charge in [-0.15, -0.1) is 17.9 Å². The first-order valence-electron chi connectivity index (χ1n) is 18.2. The van der Waals surface area contributed by atoms with Crippen LogP contribution < -0.4 is 15.4 Å². The molecular formula is C37H46N6O7S2. The molecule has 3 fully saturated rings. The van der Waals surface area contributed by atoms with Crippen LogP contribution in [0.25, 0.3) is 6.08 Å². The third kappa shape index (κ3) is 7.21. The third-order valence-corrected chi connectivity index (χ3v) is 13.7. The molecular weight excluding hydrogens is 705 g/mol. The first-order chi connectivity index (χ1) is 24.9. The Bertz CT molecular complexity index is 1910. The molecule has 4 heterocycles. The van der Waals surface area contributed by atoms with E-state index < -0.39 is 62.8 Å². The molecule has 15 heteroatoms. The molecule has 13 nitrogen and oxygen atoms in total. The number of rotatable bonds is 8. The molecule has 2 aromatic rings. The second-order valence-electron chi connectivity index (χ2n) is 14.7. The molecule has 1 aromatic heterocycles. The average molecular weight is 751 g/mol. The molecule has 2 aliphatic carbocycles. The molecule has 1 aromatic carbocycles. The van der Waals surface area contributed by atoms with Gasteiger partial charge in [-0.05, 0) is 61.1 Å². The molecule has 6 atom stereocenters. The molecule has 0 spiro atoms. The minimum atomic E-state index is -3.88. The first-order valence-corrected chi connectivity index (χ1v) is 20.6. The fraction of sp³-hybridized carbons (Fsp3) is 0.541. The Kier molecular flexibility index (Phi) is 9.93. The zero-order chi connectivity index (χ0) is 36.8. The van der Waals surface area contributed by atoms with Gasteiger partial charge in [0, 0.05) is 24.3 Å². The number of carbonyl (C=O) groups is 4. The number of anilines is 1. The topological polar surface area (TPSA) is 167 Å². The number of aromatic nitrogens is 1. The van der Waals surface area contributed by atoms with Gasteiger partial charge in [0.2, 0.25) is 21.8 Å². The fourth-order valence-corrected chi connectivity index (χ4v) is 9.59. The minimum absolute atomic E-state index is 0.00352. The lowest BCUT2D eigenvalue weighted by Crippen LogP contribution is -2.58. The zero-order valence-electron chi connectivity index (χ0n) is 29.5. The molecule has 7 rings (SSSR count). The predicted molar refractivity (Wildman–Crippen MR) is 196 cm³/mol. The van der Waals surface area contributed by atoms with Gasteiger partial charge in [-0.1, -0.05) is 56.7 Å². The van der Waals surface area contributed by atoms with E-state index in [0.29, 0.717) is 37.5 Å². The number of amides is 4. The summed E-state index contributed by atoms with van der Waals surface area (Å²) in [5.41, 5.74) is 2.56. The van der Waals surface area contributed by atoms with E-state index in [4.69, 9.17) is 9.72 Å². The van der Waals surface area contributed by atoms with Crippen molar-refractivity contribution in [3.8, 4) is 0 Å². The van der Waals surface area contributed by atoms with Crippen LogP contribution in [0, 0.1) is 11.8 Å². The number of ether oxygens (including phenoxy) is 1. The summed E-state index contributed by atoms with van der Waals surface area (Å²) in [6.45, 7) is 8.44. The van der Waals surface area contributed by atoms with Gasteiger partial charge < -0.3 is 20.3 Å². The highest BCUT2D eigenvalue weighted by Crippen LogP contribution is 2.45. The maximum absolute atomic E-state index is 14.6. The van der Waals surface area contributed by atoms with Crippen molar-refractivity contribution in [3.63, 3.8) is 0 Å². The van der Waals surface area contributed by atoms with Crippen LogP contribution >= 0.6 is 11.3 Å². The second kappa shape index (κ2) is 14.3. The predicted octanol–water partition coefficient (Wildman–Crippen LogP) is 4.11. The summed E-state index contributed by atoms with van der Waals surface area (Å²) >= 11 is 1.42. The van der Waals surface area contributed by atoms with Gasteiger partial charge in [-0.25, -0.2) is 18.2 Å². The van der Waals surface area contributed by atoms with Gasteiger partial charge in [0.05, 0.1) is 24.0 Å². The summed E-state index contributed by atoms with van der Waals surface area (Å²) in [6.07, 6.45) is 8.73. The Morgan fingerprint density at radius 3 is 2.79 bits per heavy atom. The van der Waals surface area contributed by atoms with Gasteiger partial charge in [0.1, 0.15) is 23.7 Å². The number of nitrogens with one attached hydrogen (secondary N) is 3. The van der Waals surface area contributed by atoms with Gasteiger partial charge in [-0.3, -0.25) is 24.0 Å². The minimum Gasteiger partial charge on any atom is -0.444 e. The van der Waals surface area contributed by atoms with Crippen LogP contribution in [0.3, 0.4) is 0 Å². The molecule has 2 unspecified atom stereocenters. The number of allylic oxidation sites excluding steroid dienone is 1. The molecule has 0 radical (unpaired) electrons. The summed E-state index contributed by atoms with van der Waals surface area (Å²) in [4.78, 5) is 63.8. The van der Waals surface area contributed by atoms with Crippen LogP contribution in [0.2, 0.25) is 0 Å². The van der Waals surface area contributed by atoms with Crippen LogP contribution in [0.5, 0.6) is 0 Å². The SMILES string of the molecule is C=C[C@H]1CC1(NC(=O)[C@@H]1C[C@@H]2CN1C(=O)C([C@@H](C)CC)Nc1nc(cs1)CCC/C=C/c1cccc3c1CN(C3)C(=O)O2)C(=O)NS(=O)(=O)C1CC1. The van der Waals surface area contributed by atoms with E-state index in [-0.39, 0.29) is 31.2 Å². The number of nitrogens with zero attached hydrogens (tertiary/aromatic N) is 3. The second-order valence-corrected chi connectivity index (χ2v) is 17.5. The van der Waals surface area contributed by atoms with Crippen molar-refractivity contribution in [2.45, 2.75) is 107 Å². The highest BCUT2D eigenvalue weighted by atomic mass is 32.2. The number of aryl methyl sites for hydroxylation is 1. The number of benzene rings is 1. The molecule has 3 aliphatic heterocycles. The number of carbonyl (C=O) groups excluding carboxylic acids is 4. The molecule has 52 heavy (non-hydrogen) atoms. The molecule has 4 amide bonds. The van der Waals surface area contributed by atoms with Crippen molar-refractivity contribution in [2.75, 3.05) is 11.9 Å². The molecule has 5 aliphatic rings. The monoisotopic (exact) mass is 750 g/mol. The Hall–Kier alpha value is -4.24. The summed E-state index contributed by atoms with van der Waals surface area (Å²) in [5, 5.41) is 8.13. The normalized spacial score (nSPS) is 28.7. The molecule has 1 saturated heterocycles. The summed E-state index contributed by atoms with van der Waals surface area (Å²) in [7, 11) is -3.88. The van der Waals surface area contributed by atoms with E-state index in [0.717, 1.165) is 41.6 Å². The number of thiazole rings is 1. The quantitative estimate of drug-likeness (QED) is 0.337. The number of hydrogen-bond donors (Lipinski definition) is 3. The summed E-state index contributed by atoms with van der Waals surface area (Å²) < 4.78 is 33.6. The molecule has 278 valence electrons. The van der Waals surface area contributed by atoms with E-state index in [1.165, 1.54) is 22.3 Å². The average Bonchev–Trinajstić information content (AvgIpc) is 3.94. The Morgan fingerprint density at radius 2 is 2.06 bits per heavy atom. The van der Waals surface area contributed by atoms with Crippen molar-refractivity contribution < 1.29 is 32.3 Å². The van der Waals surface area contributed by atoms with Crippen molar-refractivity contribution >= 4 is 56.4 Å². The summed E-state index contributed by atoms with van der Waals surface area (Å²) in [6, 6.07) is 4.19. The number of fused-ring (bicyclic) bond motifs is 5. The van der Waals surface area contributed by atoms with Crippen LogP contribution in [0.1, 0.15) is 81.2 Å². The standard InChI is InChI=1S/C37H46N6O7S2/c1-4-22(3)31-33(45)43-19-27(16-30(43)32(44)40-37(17-25(37)5-2)34(46)41-52(48,49)28-14-15-28)50-36(47)42-18-24-12-9-11-23(29(24)20-42)10-7-6-8-13-26-21-51-35(38-26)39-31/h5,7,9-12,21-22,25,27-28,30-31H,2,4,6,8,13-20H2,1,3H3,(H,38,39)(H,40,44)(H,41,46)/b10-7+/t22-,25-,27+,30-,31?,37?/m0/s1. The van der Waals surface area contributed by atoms with E-state index in [9.17, 15) is 27.6 Å². The number of hydrogen-bond acceptors (Lipinski definition) is 10. The van der Waals surface area contributed by atoms with Gasteiger partial charge >= 0.3 is 6.09 Å². The fourth-order valence-electron chi connectivity index (χ4n) is 7.44. The largest absolute Gasteiger partial charge is 0.444 e. The lowest BCUT2D eigenvalue weighted by Gasteiger charge is -2.32. The Morgan fingerprint density at radius 1 is 1.25 bits per heavy atom. The highest BCUT2D eigenvalue weighted by molar-refractivity contribution is 7.91.